The molecule has 37 heavy (non-hydrogen) atoms. The number of aliphatic hydroxyl groups is 1. The third kappa shape index (κ3) is 6.32. The summed E-state index contributed by atoms with van der Waals surface area (Å²) in [7, 11) is 0. The van der Waals surface area contributed by atoms with E-state index < -0.39 is 17.7 Å². The van der Waals surface area contributed by atoms with E-state index in [9.17, 15) is 14.7 Å². The van der Waals surface area contributed by atoms with Gasteiger partial charge in [0, 0.05) is 31.7 Å². The van der Waals surface area contributed by atoms with Crippen LogP contribution < -0.4 is 9.47 Å². The third-order valence-corrected chi connectivity index (χ3v) is 6.55. The van der Waals surface area contributed by atoms with Crippen LogP contribution in [0.25, 0.3) is 5.76 Å². The van der Waals surface area contributed by atoms with E-state index in [2.05, 4.69) is 4.90 Å². The molecule has 8 nitrogen and oxygen atoms in total. The Balaban J connectivity index is 1.69. The van der Waals surface area contributed by atoms with Gasteiger partial charge in [-0.05, 0) is 42.7 Å². The van der Waals surface area contributed by atoms with Gasteiger partial charge in [0.15, 0.2) is 0 Å². The Morgan fingerprint density at radius 2 is 1.62 bits per heavy atom. The molecule has 1 N–H and O–H groups in total. The summed E-state index contributed by atoms with van der Waals surface area (Å²) >= 11 is 0. The highest BCUT2D eigenvalue weighted by Crippen LogP contribution is 2.40. The Hall–Kier alpha value is -3.36. The van der Waals surface area contributed by atoms with E-state index in [4.69, 9.17) is 14.2 Å². The van der Waals surface area contributed by atoms with Crippen LogP contribution in [0.1, 0.15) is 43.9 Å². The van der Waals surface area contributed by atoms with E-state index in [1.165, 1.54) is 0 Å². The maximum absolute atomic E-state index is 13.3. The normalized spacial score (nSPS) is 19.8. The molecule has 2 aromatic carbocycles. The number of rotatable bonds is 11. The topological polar surface area (TPSA) is 88.5 Å². The van der Waals surface area contributed by atoms with E-state index in [1.807, 2.05) is 38.1 Å². The number of ether oxygens (including phenoxy) is 3. The molecule has 1 atom stereocenters. The number of hydrogen-bond acceptors (Lipinski definition) is 7. The van der Waals surface area contributed by atoms with Crippen LogP contribution in [-0.2, 0) is 14.3 Å². The van der Waals surface area contributed by atoms with Gasteiger partial charge in [-0.25, -0.2) is 0 Å². The number of likely N-dealkylation sites (tertiary alicyclic amines) is 1. The molecule has 2 saturated heterocycles. The second kappa shape index (κ2) is 12.7. The number of Topliss-reactive ketones (excluding diaryl/α,β-unsaturated/α-hetero) is 1. The van der Waals surface area contributed by atoms with Crippen LogP contribution in [0.5, 0.6) is 11.5 Å². The van der Waals surface area contributed by atoms with Crippen molar-refractivity contribution in [3.63, 3.8) is 0 Å². The molecule has 4 rings (SSSR count). The number of ketones is 1. The minimum absolute atomic E-state index is 0.0850. The summed E-state index contributed by atoms with van der Waals surface area (Å²) in [5.41, 5.74) is 1.26. The fourth-order valence-corrected chi connectivity index (χ4v) is 4.61. The fourth-order valence-electron chi connectivity index (χ4n) is 4.61. The van der Waals surface area contributed by atoms with Gasteiger partial charge in [-0.3, -0.25) is 14.5 Å². The lowest BCUT2D eigenvalue weighted by atomic mass is 9.95. The van der Waals surface area contributed by atoms with Crippen molar-refractivity contribution < 1.29 is 28.9 Å². The van der Waals surface area contributed by atoms with Crippen LogP contribution in [0.15, 0.2) is 54.1 Å². The predicted octanol–water partition coefficient (Wildman–Crippen LogP) is 4.02. The molecule has 1 amide bonds. The van der Waals surface area contributed by atoms with Gasteiger partial charge < -0.3 is 24.2 Å². The highest BCUT2D eigenvalue weighted by Gasteiger charge is 2.46. The highest BCUT2D eigenvalue weighted by molar-refractivity contribution is 6.46. The largest absolute Gasteiger partial charge is 0.507 e. The van der Waals surface area contributed by atoms with Gasteiger partial charge in [-0.15, -0.1) is 0 Å². The van der Waals surface area contributed by atoms with Crippen LogP contribution in [0, 0.1) is 0 Å². The van der Waals surface area contributed by atoms with Crippen molar-refractivity contribution >= 4 is 17.4 Å². The molecule has 0 aliphatic carbocycles. The monoisotopic (exact) mass is 508 g/mol. The quantitative estimate of drug-likeness (QED) is 0.279. The number of carbonyl (C=O) groups is 2. The zero-order valence-electron chi connectivity index (χ0n) is 21.7. The molecule has 2 fully saturated rings. The summed E-state index contributed by atoms with van der Waals surface area (Å²) in [6, 6.07) is 13.7. The Morgan fingerprint density at radius 1 is 0.946 bits per heavy atom. The second-order valence-electron chi connectivity index (χ2n) is 9.24. The minimum atomic E-state index is -0.707. The molecule has 1 unspecified atom stereocenters. The molecule has 0 saturated carbocycles. The van der Waals surface area contributed by atoms with Crippen molar-refractivity contribution in [1.29, 1.82) is 0 Å². The van der Waals surface area contributed by atoms with E-state index in [0.29, 0.717) is 50.8 Å². The number of morpholine rings is 1. The SMILES string of the molecule is CCCOc1ccc(C2/C(=C(\O)c3cccc(OCCC)c3)C(=O)C(=O)N2CCN2CCOCC2)cc1. The van der Waals surface area contributed by atoms with Gasteiger partial charge in [-0.2, -0.15) is 0 Å². The summed E-state index contributed by atoms with van der Waals surface area (Å²) in [6.45, 7) is 9.04. The summed E-state index contributed by atoms with van der Waals surface area (Å²) in [6.07, 6.45) is 1.74. The highest BCUT2D eigenvalue weighted by atomic mass is 16.5. The zero-order chi connectivity index (χ0) is 26.2. The van der Waals surface area contributed by atoms with Crippen molar-refractivity contribution in [2.24, 2.45) is 0 Å². The lowest BCUT2D eigenvalue weighted by molar-refractivity contribution is -0.140. The van der Waals surface area contributed by atoms with Crippen molar-refractivity contribution in [1.82, 2.24) is 9.80 Å². The number of nitrogens with zero attached hydrogens (tertiary/aromatic N) is 2. The summed E-state index contributed by atoms with van der Waals surface area (Å²) in [4.78, 5) is 30.4. The van der Waals surface area contributed by atoms with Crippen LogP contribution in [0.4, 0.5) is 0 Å². The van der Waals surface area contributed by atoms with Gasteiger partial charge >= 0.3 is 0 Å². The molecule has 2 heterocycles. The first-order valence-corrected chi connectivity index (χ1v) is 13.1. The third-order valence-electron chi connectivity index (χ3n) is 6.55. The molecule has 8 heteroatoms. The van der Waals surface area contributed by atoms with E-state index in [-0.39, 0.29) is 11.3 Å². The predicted molar refractivity (Wildman–Crippen MR) is 141 cm³/mol. The zero-order valence-corrected chi connectivity index (χ0v) is 21.7. The maximum Gasteiger partial charge on any atom is 0.295 e. The molecule has 198 valence electrons. The fraction of sp³-hybridized carbons (Fsp3) is 0.448. The van der Waals surface area contributed by atoms with Gasteiger partial charge in [0.25, 0.3) is 11.7 Å². The first-order chi connectivity index (χ1) is 18.0. The van der Waals surface area contributed by atoms with Crippen LogP contribution in [0.2, 0.25) is 0 Å². The average molecular weight is 509 g/mol. The molecular weight excluding hydrogens is 472 g/mol. The number of benzene rings is 2. The Kier molecular flexibility index (Phi) is 9.19. The van der Waals surface area contributed by atoms with Crippen molar-refractivity contribution in [2.45, 2.75) is 32.7 Å². The first-order valence-electron chi connectivity index (χ1n) is 13.1. The lowest BCUT2D eigenvalue weighted by Gasteiger charge is -2.31. The summed E-state index contributed by atoms with van der Waals surface area (Å²) in [5.74, 6) is -0.177. The van der Waals surface area contributed by atoms with E-state index in [1.54, 1.807) is 29.2 Å². The van der Waals surface area contributed by atoms with Crippen LogP contribution in [0.3, 0.4) is 0 Å². The molecule has 2 aromatic rings. The molecular formula is C29H36N2O6. The lowest BCUT2D eigenvalue weighted by Crippen LogP contribution is -2.42. The smallest absolute Gasteiger partial charge is 0.295 e. The van der Waals surface area contributed by atoms with Crippen molar-refractivity contribution in [3.8, 4) is 11.5 Å². The summed E-state index contributed by atoms with van der Waals surface area (Å²) in [5, 5.41) is 11.4. The van der Waals surface area contributed by atoms with E-state index in [0.717, 1.165) is 37.2 Å². The molecule has 2 aliphatic heterocycles. The van der Waals surface area contributed by atoms with Crippen molar-refractivity contribution in [3.05, 3.63) is 65.2 Å². The Morgan fingerprint density at radius 3 is 2.30 bits per heavy atom. The number of aliphatic hydroxyl groups excluding tert-OH is 1. The van der Waals surface area contributed by atoms with E-state index >= 15 is 0 Å². The molecule has 0 spiro atoms. The first kappa shape index (κ1) is 26.7. The van der Waals surface area contributed by atoms with Gasteiger partial charge in [0.1, 0.15) is 17.3 Å². The van der Waals surface area contributed by atoms with Crippen LogP contribution in [-0.4, -0.2) is 79.2 Å². The second-order valence-corrected chi connectivity index (χ2v) is 9.24. The minimum Gasteiger partial charge on any atom is -0.507 e. The van der Waals surface area contributed by atoms with Crippen molar-refractivity contribution in [2.75, 3.05) is 52.6 Å². The molecule has 0 aromatic heterocycles. The van der Waals surface area contributed by atoms with Gasteiger partial charge in [0.05, 0.1) is 38.0 Å². The van der Waals surface area contributed by atoms with Gasteiger partial charge in [0.2, 0.25) is 0 Å². The van der Waals surface area contributed by atoms with Gasteiger partial charge in [-0.1, -0.05) is 38.1 Å². The molecule has 2 aliphatic rings. The average Bonchev–Trinajstić information content (AvgIpc) is 3.19. The Labute approximate surface area is 218 Å². The number of amides is 1. The maximum atomic E-state index is 13.3. The molecule has 0 radical (unpaired) electrons. The van der Waals surface area contributed by atoms with Crippen LogP contribution >= 0.6 is 0 Å². The number of hydrogen-bond donors (Lipinski definition) is 1. The Bertz CT molecular complexity index is 1110. The number of carbonyl (C=O) groups excluding carboxylic acids is 2. The standard InChI is InChI=1S/C29H36N2O6/c1-3-16-36-23-10-8-21(9-11-23)26-25(27(32)22-6-5-7-24(20-22)37-17-4-2)28(33)29(34)31(26)13-12-30-14-18-35-19-15-30/h5-11,20,26,32H,3-4,12-19H2,1-2H3/b27-25+. The molecule has 0 bridgehead atoms. The summed E-state index contributed by atoms with van der Waals surface area (Å²) < 4.78 is 16.9.